The lowest BCUT2D eigenvalue weighted by Gasteiger charge is -2.32. The lowest BCUT2D eigenvalue weighted by molar-refractivity contribution is 0.371. The van der Waals surface area contributed by atoms with E-state index in [4.69, 9.17) is 4.74 Å². The maximum absolute atomic E-state index is 11.7. The van der Waals surface area contributed by atoms with Crippen molar-refractivity contribution in [1.82, 2.24) is 10.6 Å². The van der Waals surface area contributed by atoms with Gasteiger partial charge >= 0.3 is 0 Å². The van der Waals surface area contributed by atoms with Crippen LogP contribution in [0.1, 0.15) is 37.7 Å². The molecule has 1 unspecified atom stereocenters. The van der Waals surface area contributed by atoms with Crippen molar-refractivity contribution in [2.45, 2.75) is 43.6 Å². The molecule has 2 aliphatic rings. The van der Waals surface area contributed by atoms with Crippen LogP contribution in [0.2, 0.25) is 0 Å². The Morgan fingerprint density at radius 3 is 2.65 bits per heavy atom. The topological polar surface area (TPSA) is 79.8 Å². The number of methoxy groups -OCH3 is 1. The molecular formula is C19H29N3O3S. The number of benzene rings is 1. The van der Waals surface area contributed by atoms with E-state index in [0.717, 1.165) is 25.1 Å². The Morgan fingerprint density at radius 1 is 1.31 bits per heavy atom. The summed E-state index contributed by atoms with van der Waals surface area (Å²) in [6.07, 6.45) is 5.25. The lowest BCUT2D eigenvalue weighted by Crippen LogP contribution is -2.48. The fourth-order valence-electron chi connectivity index (χ4n) is 4.23. The van der Waals surface area contributed by atoms with Crippen molar-refractivity contribution >= 4 is 15.8 Å². The van der Waals surface area contributed by atoms with E-state index in [1.807, 2.05) is 12.1 Å². The molecule has 0 bridgehead atoms. The van der Waals surface area contributed by atoms with Crippen LogP contribution in [0.4, 0.5) is 0 Å². The molecular weight excluding hydrogens is 350 g/mol. The number of sulfone groups is 1. The maximum Gasteiger partial charge on any atom is 0.191 e. The van der Waals surface area contributed by atoms with Gasteiger partial charge in [-0.05, 0) is 25.3 Å². The number of rotatable bonds is 5. The van der Waals surface area contributed by atoms with Crippen LogP contribution in [0.15, 0.2) is 29.3 Å². The Bertz CT molecular complexity index is 755. The summed E-state index contributed by atoms with van der Waals surface area (Å²) in [6.45, 7) is 0.756. The highest BCUT2D eigenvalue weighted by atomic mass is 32.2. The van der Waals surface area contributed by atoms with E-state index in [-0.39, 0.29) is 23.0 Å². The molecule has 0 radical (unpaired) electrons. The average molecular weight is 380 g/mol. The minimum absolute atomic E-state index is 0.0198. The molecule has 144 valence electrons. The second-order valence-electron chi connectivity index (χ2n) is 7.36. The molecule has 3 rings (SSSR count). The van der Waals surface area contributed by atoms with Gasteiger partial charge in [-0.3, -0.25) is 4.99 Å². The van der Waals surface area contributed by atoms with Gasteiger partial charge < -0.3 is 15.4 Å². The van der Waals surface area contributed by atoms with Gasteiger partial charge in [-0.15, -0.1) is 0 Å². The Labute approximate surface area is 156 Å². The van der Waals surface area contributed by atoms with Crippen LogP contribution in [-0.2, 0) is 15.3 Å². The van der Waals surface area contributed by atoms with Crippen molar-refractivity contribution in [2.24, 2.45) is 4.99 Å². The highest BCUT2D eigenvalue weighted by molar-refractivity contribution is 7.91. The summed E-state index contributed by atoms with van der Waals surface area (Å²) in [5.41, 5.74) is 1.26. The van der Waals surface area contributed by atoms with Gasteiger partial charge in [-0.2, -0.15) is 0 Å². The summed E-state index contributed by atoms with van der Waals surface area (Å²) < 4.78 is 28.9. The van der Waals surface area contributed by atoms with Crippen molar-refractivity contribution in [3.63, 3.8) is 0 Å². The number of guanidine groups is 1. The first-order valence-electron chi connectivity index (χ1n) is 9.29. The first kappa shape index (κ1) is 19.0. The summed E-state index contributed by atoms with van der Waals surface area (Å²) in [7, 11) is 0.538. The zero-order valence-electron chi connectivity index (χ0n) is 15.6. The predicted molar refractivity (Wildman–Crippen MR) is 105 cm³/mol. The molecule has 0 aromatic heterocycles. The van der Waals surface area contributed by atoms with E-state index in [2.05, 4.69) is 27.8 Å². The number of aliphatic imine (C=N–C) groups is 1. The molecule has 1 aromatic carbocycles. The minimum atomic E-state index is -2.91. The first-order chi connectivity index (χ1) is 12.5. The monoisotopic (exact) mass is 379 g/mol. The van der Waals surface area contributed by atoms with Gasteiger partial charge in [-0.1, -0.05) is 31.0 Å². The van der Waals surface area contributed by atoms with Gasteiger partial charge in [0.1, 0.15) is 5.75 Å². The van der Waals surface area contributed by atoms with Gasteiger partial charge in [0.15, 0.2) is 15.8 Å². The maximum atomic E-state index is 11.7. The summed E-state index contributed by atoms with van der Waals surface area (Å²) in [6, 6.07) is 8.18. The zero-order valence-corrected chi connectivity index (χ0v) is 16.4. The molecule has 1 aromatic rings. The third kappa shape index (κ3) is 4.14. The summed E-state index contributed by atoms with van der Waals surface area (Å²) in [5.74, 6) is 2.05. The van der Waals surface area contributed by atoms with Crippen LogP contribution in [0.3, 0.4) is 0 Å². The minimum Gasteiger partial charge on any atom is -0.496 e. The molecule has 2 fully saturated rings. The van der Waals surface area contributed by atoms with E-state index in [1.54, 1.807) is 14.2 Å². The average Bonchev–Trinajstić information content (AvgIpc) is 3.25. The number of nitrogens with one attached hydrogen (secondary N) is 2. The molecule has 1 heterocycles. The van der Waals surface area contributed by atoms with Crippen LogP contribution in [-0.4, -0.2) is 52.6 Å². The van der Waals surface area contributed by atoms with E-state index >= 15 is 0 Å². The molecule has 1 aliphatic carbocycles. The SMILES string of the molecule is CN=C(NCC1(c2ccccc2OC)CCCC1)NC1CCS(=O)(=O)C1. The standard InChI is InChI=1S/C19H29N3O3S/c1-20-18(22-15-9-12-26(23,24)13-15)21-14-19(10-5-6-11-19)16-7-3-4-8-17(16)25-2/h3-4,7-8,15H,5-6,9-14H2,1-2H3,(H2,20,21,22). The molecule has 0 amide bonds. The third-order valence-electron chi connectivity index (χ3n) is 5.63. The molecule has 1 aliphatic heterocycles. The highest BCUT2D eigenvalue weighted by Crippen LogP contribution is 2.44. The number of hydrogen-bond donors (Lipinski definition) is 2. The Hall–Kier alpha value is -1.76. The van der Waals surface area contributed by atoms with E-state index in [0.29, 0.717) is 12.4 Å². The fourth-order valence-corrected chi connectivity index (χ4v) is 5.90. The predicted octanol–water partition coefficient (Wildman–Crippen LogP) is 1.86. The van der Waals surface area contributed by atoms with Crippen molar-refractivity contribution in [1.29, 1.82) is 0 Å². The van der Waals surface area contributed by atoms with Gasteiger partial charge in [0.25, 0.3) is 0 Å². The Kier molecular flexibility index (Phi) is 5.75. The van der Waals surface area contributed by atoms with Crippen molar-refractivity contribution in [2.75, 3.05) is 32.2 Å². The summed E-state index contributed by atoms with van der Waals surface area (Å²) in [4.78, 5) is 4.30. The van der Waals surface area contributed by atoms with E-state index in [9.17, 15) is 8.42 Å². The smallest absolute Gasteiger partial charge is 0.191 e. The summed E-state index contributed by atoms with van der Waals surface area (Å²) >= 11 is 0. The molecule has 1 saturated heterocycles. The van der Waals surface area contributed by atoms with Gasteiger partial charge in [0.05, 0.1) is 18.6 Å². The molecule has 6 nitrogen and oxygen atoms in total. The van der Waals surface area contributed by atoms with Crippen LogP contribution >= 0.6 is 0 Å². The molecule has 1 atom stereocenters. The molecule has 1 saturated carbocycles. The molecule has 0 spiro atoms. The van der Waals surface area contributed by atoms with Crippen LogP contribution in [0, 0.1) is 0 Å². The van der Waals surface area contributed by atoms with Crippen molar-refractivity contribution in [3.05, 3.63) is 29.8 Å². The van der Waals surface area contributed by atoms with Crippen LogP contribution < -0.4 is 15.4 Å². The fraction of sp³-hybridized carbons (Fsp3) is 0.632. The number of ether oxygens (including phenoxy) is 1. The number of nitrogens with zero attached hydrogens (tertiary/aromatic N) is 1. The zero-order chi connectivity index (χ0) is 18.6. The van der Waals surface area contributed by atoms with Crippen molar-refractivity contribution < 1.29 is 13.2 Å². The van der Waals surface area contributed by atoms with Gasteiger partial charge in [0.2, 0.25) is 0 Å². The summed E-state index contributed by atoms with van der Waals surface area (Å²) in [5, 5.41) is 6.72. The van der Waals surface area contributed by atoms with E-state index in [1.165, 1.54) is 18.4 Å². The highest BCUT2D eigenvalue weighted by Gasteiger charge is 2.38. The van der Waals surface area contributed by atoms with Crippen LogP contribution in [0.25, 0.3) is 0 Å². The molecule has 7 heteroatoms. The lowest BCUT2D eigenvalue weighted by atomic mass is 9.78. The van der Waals surface area contributed by atoms with Crippen LogP contribution in [0.5, 0.6) is 5.75 Å². The Balaban J connectivity index is 1.70. The Morgan fingerprint density at radius 2 is 2.04 bits per heavy atom. The van der Waals surface area contributed by atoms with Gasteiger partial charge in [0, 0.05) is 30.6 Å². The second kappa shape index (κ2) is 7.86. The largest absolute Gasteiger partial charge is 0.496 e. The number of para-hydroxylation sites is 1. The second-order valence-corrected chi connectivity index (χ2v) is 9.59. The molecule has 26 heavy (non-hydrogen) atoms. The van der Waals surface area contributed by atoms with Crippen molar-refractivity contribution in [3.8, 4) is 5.75 Å². The normalized spacial score (nSPS) is 24.4. The quantitative estimate of drug-likeness (QED) is 0.603. The third-order valence-corrected chi connectivity index (χ3v) is 7.40. The van der Waals surface area contributed by atoms with E-state index < -0.39 is 9.84 Å². The molecule has 2 N–H and O–H groups in total. The first-order valence-corrected chi connectivity index (χ1v) is 11.1. The number of hydrogen-bond acceptors (Lipinski definition) is 4. The van der Waals surface area contributed by atoms with Gasteiger partial charge in [-0.25, -0.2) is 8.42 Å².